The third-order valence-electron chi connectivity index (χ3n) is 3.68. The molecule has 0 spiro atoms. The molecule has 1 aliphatic rings. The minimum Gasteiger partial charge on any atom is -0.346 e. The van der Waals surface area contributed by atoms with Crippen LogP contribution in [0.15, 0.2) is 60.3 Å². The molecule has 0 atom stereocenters. The number of para-hydroxylation sites is 1. The Kier molecular flexibility index (Phi) is 4.31. The first kappa shape index (κ1) is 15.1. The van der Waals surface area contributed by atoms with Gasteiger partial charge in [0.2, 0.25) is 0 Å². The molecule has 1 aliphatic heterocycles. The van der Waals surface area contributed by atoms with Crippen molar-refractivity contribution in [1.82, 2.24) is 0 Å². The average molecular weight is 324 g/mol. The maximum absolute atomic E-state index is 12.3. The minimum atomic E-state index is -0.431. The topological polar surface area (TPSA) is 56.1 Å². The van der Waals surface area contributed by atoms with Gasteiger partial charge in [0.05, 0.1) is 0 Å². The predicted molar refractivity (Wildman–Crippen MR) is 91.3 cm³/mol. The molecule has 3 rings (SSSR count). The molecular formula is C18H14ClN3O. The summed E-state index contributed by atoms with van der Waals surface area (Å²) in [6.45, 7) is 0.763. The van der Waals surface area contributed by atoms with Crippen LogP contribution in [0.1, 0.15) is 5.56 Å². The van der Waals surface area contributed by atoms with Crippen LogP contribution in [0.5, 0.6) is 0 Å². The van der Waals surface area contributed by atoms with E-state index in [9.17, 15) is 10.1 Å². The monoisotopic (exact) mass is 323 g/mol. The molecule has 0 aliphatic carbocycles. The fraction of sp³-hybridized carbons (Fsp3) is 0.111. The Morgan fingerprint density at radius 1 is 1.22 bits per heavy atom. The molecule has 2 aromatic carbocycles. The number of halogens is 1. The lowest BCUT2D eigenvalue weighted by molar-refractivity contribution is -0.112. The minimum absolute atomic E-state index is 0.0663. The molecule has 1 amide bonds. The summed E-state index contributed by atoms with van der Waals surface area (Å²) in [5.74, 6) is -0.431. The van der Waals surface area contributed by atoms with Crippen molar-refractivity contribution in [2.24, 2.45) is 0 Å². The lowest BCUT2D eigenvalue weighted by Crippen LogP contribution is -2.19. The summed E-state index contributed by atoms with van der Waals surface area (Å²) < 4.78 is 0. The van der Waals surface area contributed by atoms with E-state index in [1.165, 1.54) is 5.56 Å². The molecule has 1 heterocycles. The SMILES string of the molecule is N#C/C(=C/N1CCc2ccccc21)C(=O)Nc1ccc(Cl)cc1. The number of hydrogen-bond donors (Lipinski definition) is 1. The zero-order valence-corrected chi connectivity index (χ0v) is 13.0. The summed E-state index contributed by atoms with van der Waals surface area (Å²) in [5, 5.41) is 12.6. The Balaban J connectivity index is 1.79. The van der Waals surface area contributed by atoms with Gasteiger partial charge in [0.15, 0.2) is 0 Å². The van der Waals surface area contributed by atoms with E-state index < -0.39 is 5.91 Å². The second-order valence-electron chi connectivity index (χ2n) is 5.19. The van der Waals surface area contributed by atoms with Crippen LogP contribution >= 0.6 is 11.6 Å². The van der Waals surface area contributed by atoms with Crippen molar-refractivity contribution >= 4 is 28.9 Å². The fourth-order valence-electron chi connectivity index (χ4n) is 2.52. The summed E-state index contributed by atoms with van der Waals surface area (Å²) in [5.41, 5.74) is 2.93. The van der Waals surface area contributed by atoms with Gasteiger partial charge in [-0.05, 0) is 42.3 Å². The van der Waals surface area contributed by atoms with E-state index in [4.69, 9.17) is 11.6 Å². The van der Waals surface area contributed by atoms with Gasteiger partial charge in [-0.3, -0.25) is 4.79 Å². The van der Waals surface area contributed by atoms with Crippen molar-refractivity contribution in [3.8, 4) is 6.07 Å². The summed E-state index contributed by atoms with van der Waals surface area (Å²) in [7, 11) is 0. The van der Waals surface area contributed by atoms with Gasteiger partial charge in [-0.15, -0.1) is 0 Å². The highest BCUT2D eigenvalue weighted by Crippen LogP contribution is 2.28. The number of amides is 1. The van der Waals surface area contributed by atoms with E-state index >= 15 is 0 Å². The van der Waals surface area contributed by atoms with Gasteiger partial charge >= 0.3 is 0 Å². The van der Waals surface area contributed by atoms with Crippen LogP contribution in [-0.2, 0) is 11.2 Å². The number of nitrogens with one attached hydrogen (secondary N) is 1. The lowest BCUT2D eigenvalue weighted by Gasteiger charge is -2.14. The van der Waals surface area contributed by atoms with Gasteiger partial charge < -0.3 is 10.2 Å². The number of hydrogen-bond acceptors (Lipinski definition) is 3. The Morgan fingerprint density at radius 3 is 2.70 bits per heavy atom. The first-order valence-corrected chi connectivity index (χ1v) is 7.58. The van der Waals surface area contributed by atoms with Gasteiger partial charge in [0.25, 0.3) is 5.91 Å². The van der Waals surface area contributed by atoms with E-state index in [1.807, 2.05) is 29.2 Å². The summed E-state index contributed by atoms with van der Waals surface area (Å²) in [4.78, 5) is 14.2. The van der Waals surface area contributed by atoms with Crippen LogP contribution in [0.2, 0.25) is 5.02 Å². The summed E-state index contributed by atoms with van der Waals surface area (Å²) in [6, 6.07) is 16.7. The number of benzene rings is 2. The standard InChI is InChI=1S/C18H14ClN3O/c19-15-5-7-16(8-6-15)21-18(23)14(11-20)12-22-10-9-13-3-1-2-4-17(13)22/h1-8,12H,9-10H2,(H,21,23)/b14-12-. The van der Waals surface area contributed by atoms with Crippen LogP contribution in [0, 0.1) is 11.3 Å². The van der Waals surface area contributed by atoms with Crippen LogP contribution in [0.4, 0.5) is 11.4 Å². The summed E-state index contributed by atoms with van der Waals surface area (Å²) in [6.07, 6.45) is 2.52. The summed E-state index contributed by atoms with van der Waals surface area (Å²) >= 11 is 5.82. The molecule has 114 valence electrons. The van der Waals surface area contributed by atoms with Crippen LogP contribution < -0.4 is 10.2 Å². The molecule has 1 N–H and O–H groups in total. The van der Waals surface area contributed by atoms with E-state index in [0.717, 1.165) is 18.7 Å². The number of anilines is 2. The second kappa shape index (κ2) is 6.55. The first-order valence-electron chi connectivity index (χ1n) is 7.21. The lowest BCUT2D eigenvalue weighted by atomic mass is 10.2. The Morgan fingerprint density at radius 2 is 1.96 bits per heavy atom. The largest absolute Gasteiger partial charge is 0.346 e. The van der Waals surface area contributed by atoms with Crippen LogP contribution in [0.25, 0.3) is 0 Å². The Bertz CT molecular complexity index is 806. The Hall–Kier alpha value is -2.77. The first-order chi connectivity index (χ1) is 11.2. The maximum atomic E-state index is 12.3. The number of fused-ring (bicyclic) bond motifs is 1. The van der Waals surface area contributed by atoms with Crippen molar-refractivity contribution in [2.75, 3.05) is 16.8 Å². The molecule has 0 radical (unpaired) electrons. The molecule has 5 heteroatoms. The van der Waals surface area contributed by atoms with Crippen molar-refractivity contribution in [3.05, 3.63) is 70.9 Å². The highest BCUT2D eigenvalue weighted by molar-refractivity contribution is 6.30. The van der Waals surface area contributed by atoms with E-state index in [1.54, 1.807) is 30.5 Å². The number of nitriles is 1. The number of carbonyl (C=O) groups is 1. The molecule has 4 nitrogen and oxygen atoms in total. The smallest absolute Gasteiger partial charge is 0.267 e. The average Bonchev–Trinajstić information content (AvgIpc) is 2.97. The second-order valence-corrected chi connectivity index (χ2v) is 5.62. The molecule has 2 aromatic rings. The van der Waals surface area contributed by atoms with Gasteiger partial charge in [-0.25, -0.2) is 0 Å². The molecule has 0 saturated heterocycles. The van der Waals surface area contributed by atoms with E-state index in [2.05, 4.69) is 11.4 Å². The Labute approximate surface area is 139 Å². The fourth-order valence-corrected chi connectivity index (χ4v) is 2.65. The van der Waals surface area contributed by atoms with Gasteiger partial charge in [0, 0.05) is 29.1 Å². The predicted octanol–water partition coefficient (Wildman–Crippen LogP) is 3.75. The molecule has 0 bridgehead atoms. The molecular weight excluding hydrogens is 310 g/mol. The highest BCUT2D eigenvalue weighted by atomic mass is 35.5. The van der Waals surface area contributed by atoms with Gasteiger partial charge in [-0.1, -0.05) is 29.8 Å². The van der Waals surface area contributed by atoms with Crippen LogP contribution in [0.3, 0.4) is 0 Å². The molecule has 0 aromatic heterocycles. The highest BCUT2D eigenvalue weighted by Gasteiger charge is 2.19. The van der Waals surface area contributed by atoms with E-state index in [-0.39, 0.29) is 5.57 Å². The van der Waals surface area contributed by atoms with Crippen LogP contribution in [-0.4, -0.2) is 12.5 Å². The number of nitrogens with zero attached hydrogens (tertiary/aromatic N) is 2. The molecule has 0 unspecified atom stereocenters. The van der Waals surface area contributed by atoms with Crippen molar-refractivity contribution in [3.63, 3.8) is 0 Å². The van der Waals surface area contributed by atoms with Crippen molar-refractivity contribution in [2.45, 2.75) is 6.42 Å². The molecule has 0 saturated carbocycles. The third-order valence-corrected chi connectivity index (χ3v) is 3.93. The van der Waals surface area contributed by atoms with Crippen molar-refractivity contribution < 1.29 is 4.79 Å². The third kappa shape index (κ3) is 3.36. The van der Waals surface area contributed by atoms with Gasteiger partial charge in [-0.2, -0.15) is 5.26 Å². The molecule has 0 fully saturated rings. The maximum Gasteiger partial charge on any atom is 0.267 e. The zero-order valence-electron chi connectivity index (χ0n) is 12.3. The number of rotatable bonds is 3. The van der Waals surface area contributed by atoms with E-state index in [0.29, 0.717) is 10.7 Å². The molecule has 23 heavy (non-hydrogen) atoms. The number of carbonyl (C=O) groups excluding carboxylic acids is 1. The zero-order chi connectivity index (χ0) is 16.2. The normalized spacial score (nSPS) is 13.4. The van der Waals surface area contributed by atoms with Gasteiger partial charge in [0.1, 0.15) is 11.6 Å². The van der Waals surface area contributed by atoms with Crippen molar-refractivity contribution in [1.29, 1.82) is 5.26 Å². The quantitative estimate of drug-likeness (QED) is 0.691.